The van der Waals surface area contributed by atoms with E-state index < -0.39 is 9.85 Å². The summed E-state index contributed by atoms with van der Waals surface area (Å²) in [5.74, 6) is 0.370. The number of nitro benzene ring substituents is 1. The van der Waals surface area contributed by atoms with Crippen LogP contribution >= 0.6 is 0 Å². The lowest BCUT2D eigenvalue weighted by Crippen LogP contribution is -2.02. The zero-order chi connectivity index (χ0) is 21.1. The molecule has 0 atom stereocenters. The molecule has 1 N–H and O–H groups in total. The largest absolute Gasteiger partial charge is 0.318 e. The van der Waals surface area contributed by atoms with Crippen molar-refractivity contribution in [3.05, 3.63) is 85.3 Å². The number of hydrogen-bond donors (Lipinski definition) is 1. The van der Waals surface area contributed by atoms with Gasteiger partial charge in [-0.2, -0.15) is 5.10 Å². The molecule has 148 valence electrons. The van der Waals surface area contributed by atoms with Gasteiger partial charge >= 0.3 is 0 Å². The standard InChI is InChI=1S/C19H18N6O4/c1-12-4-5-16(9-18(12)25(28)29)23-13(2)8-15(14(23)3)10-21-22-19-7-6-17(11-20-19)24(26)27/h4-11H,1-3H3,(H,20,22)/b21-10-. The van der Waals surface area contributed by atoms with Crippen LogP contribution in [0.25, 0.3) is 5.69 Å². The highest BCUT2D eigenvalue weighted by atomic mass is 16.6. The molecule has 0 fully saturated rings. The highest BCUT2D eigenvalue weighted by molar-refractivity contribution is 5.82. The van der Waals surface area contributed by atoms with Crippen LogP contribution in [0.4, 0.5) is 17.2 Å². The number of rotatable bonds is 6. The quantitative estimate of drug-likeness (QED) is 0.381. The van der Waals surface area contributed by atoms with Crippen LogP contribution < -0.4 is 5.43 Å². The maximum absolute atomic E-state index is 11.2. The van der Waals surface area contributed by atoms with Crippen molar-refractivity contribution in [3.8, 4) is 5.69 Å². The van der Waals surface area contributed by atoms with E-state index in [0.717, 1.165) is 23.1 Å². The van der Waals surface area contributed by atoms with Crippen molar-refractivity contribution < 1.29 is 9.85 Å². The number of hydrazone groups is 1. The number of pyridine rings is 1. The Morgan fingerprint density at radius 2 is 1.83 bits per heavy atom. The smallest absolute Gasteiger partial charge is 0.287 e. The highest BCUT2D eigenvalue weighted by Gasteiger charge is 2.15. The van der Waals surface area contributed by atoms with Crippen LogP contribution in [-0.4, -0.2) is 25.6 Å². The lowest BCUT2D eigenvalue weighted by molar-refractivity contribution is -0.385. The minimum atomic E-state index is -0.523. The first-order valence-corrected chi connectivity index (χ1v) is 8.62. The minimum Gasteiger partial charge on any atom is -0.318 e. The fourth-order valence-electron chi connectivity index (χ4n) is 2.98. The molecule has 0 bridgehead atoms. The van der Waals surface area contributed by atoms with E-state index >= 15 is 0 Å². The fraction of sp³-hybridized carbons (Fsp3) is 0.158. The number of nitrogens with one attached hydrogen (secondary N) is 1. The molecule has 0 saturated heterocycles. The fourth-order valence-corrected chi connectivity index (χ4v) is 2.98. The van der Waals surface area contributed by atoms with Crippen molar-refractivity contribution in [2.24, 2.45) is 5.10 Å². The minimum absolute atomic E-state index is 0.0659. The number of hydrogen-bond acceptors (Lipinski definition) is 7. The van der Waals surface area contributed by atoms with Crippen LogP contribution in [0.5, 0.6) is 0 Å². The van der Waals surface area contributed by atoms with Gasteiger partial charge in [0.05, 0.1) is 21.7 Å². The van der Waals surface area contributed by atoms with E-state index in [4.69, 9.17) is 0 Å². The molecule has 0 aliphatic heterocycles. The van der Waals surface area contributed by atoms with Crippen molar-refractivity contribution in [1.82, 2.24) is 9.55 Å². The summed E-state index contributed by atoms with van der Waals surface area (Å²) in [5, 5.41) is 26.0. The van der Waals surface area contributed by atoms with Gasteiger partial charge in [-0.25, -0.2) is 4.98 Å². The number of anilines is 1. The van der Waals surface area contributed by atoms with E-state index in [1.54, 1.807) is 25.3 Å². The van der Waals surface area contributed by atoms with E-state index in [2.05, 4.69) is 15.5 Å². The number of aromatic nitrogens is 2. The first kappa shape index (κ1) is 19.7. The van der Waals surface area contributed by atoms with E-state index in [9.17, 15) is 20.2 Å². The summed E-state index contributed by atoms with van der Waals surface area (Å²) in [6.45, 7) is 5.50. The van der Waals surface area contributed by atoms with E-state index in [1.165, 1.54) is 12.1 Å². The molecule has 0 aliphatic rings. The van der Waals surface area contributed by atoms with Gasteiger partial charge in [-0.05, 0) is 39.0 Å². The monoisotopic (exact) mass is 394 g/mol. The van der Waals surface area contributed by atoms with Gasteiger partial charge in [-0.1, -0.05) is 6.07 Å². The van der Waals surface area contributed by atoms with E-state index in [1.807, 2.05) is 30.5 Å². The summed E-state index contributed by atoms with van der Waals surface area (Å²) < 4.78 is 1.91. The molecule has 0 saturated carbocycles. The zero-order valence-electron chi connectivity index (χ0n) is 16.0. The van der Waals surface area contributed by atoms with Crippen molar-refractivity contribution in [2.75, 3.05) is 5.43 Å². The molecule has 0 aliphatic carbocycles. The second kappa shape index (κ2) is 7.89. The Labute approximate surface area is 165 Å². The summed E-state index contributed by atoms with van der Waals surface area (Å²) in [6, 6.07) is 9.82. The predicted molar refractivity (Wildman–Crippen MR) is 109 cm³/mol. The number of nitro groups is 2. The second-order valence-electron chi connectivity index (χ2n) is 6.42. The SMILES string of the molecule is Cc1ccc(-n2c(C)cc(/C=N\Nc3ccc([N+](=O)[O-])cn3)c2C)cc1[N+](=O)[O-]. The van der Waals surface area contributed by atoms with Gasteiger partial charge in [-0.15, -0.1) is 0 Å². The van der Waals surface area contributed by atoms with Gasteiger partial charge in [-0.3, -0.25) is 25.7 Å². The van der Waals surface area contributed by atoms with Crippen molar-refractivity contribution in [2.45, 2.75) is 20.8 Å². The summed E-state index contributed by atoms with van der Waals surface area (Å²) in [7, 11) is 0. The molecule has 0 unspecified atom stereocenters. The van der Waals surface area contributed by atoms with Crippen molar-refractivity contribution in [3.63, 3.8) is 0 Å². The summed E-state index contributed by atoms with van der Waals surface area (Å²) in [5.41, 5.74) is 6.57. The topological polar surface area (TPSA) is 128 Å². The Balaban J connectivity index is 1.84. The Kier molecular flexibility index (Phi) is 5.35. The molecule has 10 heteroatoms. The normalized spacial score (nSPS) is 11.0. The maximum Gasteiger partial charge on any atom is 0.287 e. The average molecular weight is 394 g/mol. The third-order valence-electron chi connectivity index (χ3n) is 4.46. The lowest BCUT2D eigenvalue weighted by atomic mass is 10.2. The zero-order valence-corrected chi connectivity index (χ0v) is 16.0. The van der Waals surface area contributed by atoms with Crippen molar-refractivity contribution in [1.29, 1.82) is 0 Å². The Morgan fingerprint density at radius 1 is 1.07 bits per heavy atom. The Morgan fingerprint density at radius 3 is 2.45 bits per heavy atom. The molecule has 10 nitrogen and oxygen atoms in total. The summed E-state index contributed by atoms with van der Waals surface area (Å²) >= 11 is 0. The van der Waals surface area contributed by atoms with Crippen LogP contribution in [0.3, 0.4) is 0 Å². The molecule has 0 spiro atoms. The molecule has 3 rings (SSSR count). The van der Waals surface area contributed by atoms with Crippen LogP contribution in [0.1, 0.15) is 22.5 Å². The maximum atomic E-state index is 11.2. The van der Waals surface area contributed by atoms with Gasteiger partial charge in [0.2, 0.25) is 0 Å². The molecule has 1 aromatic carbocycles. The van der Waals surface area contributed by atoms with E-state index in [-0.39, 0.29) is 11.4 Å². The van der Waals surface area contributed by atoms with Gasteiger partial charge in [0.15, 0.2) is 0 Å². The van der Waals surface area contributed by atoms with Gasteiger partial charge in [0.25, 0.3) is 11.4 Å². The molecule has 3 aromatic rings. The van der Waals surface area contributed by atoms with E-state index in [0.29, 0.717) is 17.1 Å². The third-order valence-corrected chi connectivity index (χ3v) is 4.46. The lowest BCUT2D eigenvalue weighted by Gasteiger charge is -2.10. The van der Waals surface area contributed by atoms with Gasteiger partial charge in [0.1, 0.15) is 12.0 Å². The molecule has 2 heterocycles. The Hall–Kier alpha value is -4.08. The predicted octanol–water partition coefficient (Wildman–Crippen LogP) is 4.06. The Bertz CT molecular complexity index is 1120. The average Bonchev–Trinajstić information content (AvgIpc) is 2.96. The molecule has 0 amide bonds. The number of aryl methyl sites for hydroxylation is 2. The number of benzene rings is 1. The molecular weight excluding hydrogens is 376 g/mol. The van der Waals surface area contributed by atoms with Crippen LogP contribution in [-0.2, 0) is 0 Å². The third kappa shape index (κ3) is 4.10. The first-order chi connectivity index (χ1) is 13.8. The van der Waals surface area contributed by atoms with Crippen molar-refractivity contribution >= 4 is 23.4 Å². The van der Waals surface area contributed by atoms with Crippen LogP contribution in [0.2, 0.25) is 0 Å². The molecule has 2 aromatic heterocycles. The van der Waals surface area contributed by atoms with Crippen LogP contribution in [0.15, 0.2) is 47.7 Å². The summed E-state index contributed by atoms with van der Waals surface area (Å²) in [6.07, 6.45) is 2.75. The second-order valence-corrected chi connectivity index (χ2v) is 6.42. The number of nitrogens with zero attached hydrogens (tertiary/aromatic N) is 5. The molecular formula is C19H18N6O4. The molecule has 0 radical (unpaired) electrons. The molecule has 29 heavy (non-hydrogen) atoms. The first-order valence-electron chi connectivity index (χ1n) is 8.62. The highest BCUT2D eigenvalue weighted by Crippen LogP contribution is 2.25. The van der Waals surface area contributed by atoms with Gasteiger partial charge < -0.3 is 4.57 Å². The van der Waals surface area contributed by atoms with Crippen LogP contribution in [0, 0.1) is 41.0 Å². The van der Waals surface area contributed by atoms with Gasteiger partial charge in [0, 0.05) is 34.6 Å². The summed E-state index contributed by atoms with van der Waals surface area (Å²) in [4.78, 5) is 24.9.